The molecule has 1 aliphatic heterocycles. The van der Waals surface area contributed by atoms with Crippen LogP contribution in [-0.2, 0) is 4.74 Å². The third kappa shape index (κ3) is 2.35. The maximum Gasteiger partial charge on any atom is 0.169 e. The van der Waals surface area contributed by atoms with Crippen LogP contribution in [-0.4, -0.2) is 32.4 Å². The normalized spacial score (nSPS) is 26.6. The molecule has 0 spiro atoms. The van der Waals surface area contributed by atoms with Gasteiger partial charge in [0.2, 0.25) is 0 Å². The first-order valence-electron chi connectivity index (χ1n) is 5.55. The number of nitrogens with zero attached hydrogens (tertiary/aromatic N) is 4. The van der Waals surface area contributed by atoms with E-state index in [0.717, 1.165) is 25.3 Å². The summed E-state index contributed by atoms with van der Waals surface area (Å²) in [4.78, 5) is 0. The van der Waals surface area contributed by atoms with Gasteiger partial charge in [-0.3, -0.25) is 0 Å². The summed E-state index contributed by atoms with van der Waals surface area (Å²) in [5.74, 6) is 0.740. The molecule has 0 saturated carbocycles. The lowest BCUT2D eigenvalue weighted by Crippen LogP contribution is -2.36. The molecular formula is C10H17ClN4O. The molecule has 1 aromatic rings. The minimum Gasteiger partial charge on any atom is -0.375 e. The number of hydrogen-bond donors (Lipinski definition) is 0. The molecule has 16 heavy (non-hydrogen) atoms. The van der Waals surface area contributed by atoms with Crippen LogP contribution in [0.2, 0.25) is 0 Å². The molecule has 2 rings (SSSR count). The van der Waals surface area contributed by atoms with Crippen molar-refractivity contribution in [2.24, 2.45) is 0 Å². The highest BCUT2D eigenvalue weighted by atomic mass is 35.5. The van der Waals surface area contributed by atoms with E-state index in [-0.39, 0.29) is 17.0 Å². The Bertz CT molecular complexity index is 363. The van der Waals surface area contributed by atoms with Crippen molar-refractivity contribution < 1.29 is 4.74 Å². The van der Waals surface area contributed by atoms with Crippen LogP contribution < -0.4 is 0 Å². The van der Waals surface area contributed by atoms with Crippen LogP contribution in [0.3, 0.4) is 0 Å². The van der Waals surface area contributed by atoms with Gasteiger partial charge < -0.3 is 4.74 Å². The standard InChI is InChI=1S/C10H17ClN4O/c1-7(11)9-12-13-14-15(9)8-4-5-16-10(2,3)6-8/h7-8H,4-6H2,1-3H3. The summed E-state index contributed by atoms with van der Waals surface area (Å²) in [7, 11) is 0. The van der Waals surface area contributed by atoms with Crippen molar-refractivity contribution in [3.05, 3.63) is 5.82 Å². The maximum atomic E-state index is 6.05. The first-order valence-corrected chi connectivity index (χ1v) is 5.99. The lowest BCUT2D eigenvalue weighted by atomic mass is 9.94. The molecule has 5 nitrogen and oxygen atoms in total. The van der Waals surface area contributed by atoms with E-state index in [9.17, 15) is 0 Å². The van der Waals surface area contributed by atoms with Gasteiger partial charge in [0.25, 0.3) is 0 Å². The molecule has 0 N–H and O–H groups in total. The zero-order valence-electron chi connectivity index (χ0n) is 9.85. The van der Waals surface area contributed by atoms with Crippen LogP contribution in [0.1, 0.15) is 50.9 Å². The van der Waals surface area contributed by atoms with Crippen LogP contribution in [0.5, 0.6) is 0 Å². The van der Waals surface area contributed by atoms with E-state index in [0.29, 0.717) is 0 Å². The van der Waals surface area contributed by atoms with Gasteiger partial charge in [-0.15, -0.1) is 16.7 Å². The lowest BCUT2D eigenvalue weighted by molar-refractivity contribution is -0.0714. The number of tetrazole rings is 1. The second kappa shape index (κ2) is 4.30. The summed E-state index contributed by atoms with van der Waals surface area (Å²) in [6, 6.07) is 0.287. The molecule has 6 heteroatoms. The summed E-state index contributed by atoms with van der Waals surface area (Å²) in [6.07, 6.45) is 1.85. The molecular weight excluding hydrogens is 228 g/mol. The van der Waals surface area contributed by atoms with E-state index in [1.165, 1.54) is 0 Å². The Morgan fingerprint density at radius 1 is 1.56 bits per heavy atom. The molecule has 1 aliphatic rings. The van der Waals surface area contributed by atoms with Gasteiger partial charge in [-0.25, -0.2) is 4.68 Å². The number of aromatic nitrogens is 4. The quantitative estimate of drug-likeness (QED) is 0.748. The topological polar surface area (TPSA) is 52.8 Å². The SMILES string of the molecule is CC(Cl)c1nnnn1C1CCOC(C)(C)C1. The fourth-order valence-electron chi connectivity index (χ4n) is 2.13. The van der Waals surface area contributed by atoms with Gasteiger partial charge in [0.1, 0.15) is 0 Å². The van der Waals surface area contributed by atoms with Crippen molar-refractivity contribution in [1.82, 2.24) is 20.2 Å². The van der Waals surface area contributed by atoms with Gasteiger partial charge in [-0.2, -0.15) is 0 Å². The second-order valence-electron chi connectivity index (χ2n) is 4.85. The molecule has 0 radical (unpaired) electrons. The maximum absolute atomic E-state index is 6.05. The number of alkyl halides is 1. The smallest absolute Gasteiger partial charge is 0.169 e. The van der Waals surface area contributed by atoms with Crippen molar-refractivity contribution in [2.45, 2.75) is 50.6 Å². The predicted octanol–water partition coefficient (Wildman–Crippen LogP) is 2.10. The Hall–Kier alpha value is -0.680. The number of ether oxygens (including phenoxy) is 1. The molecule has 2 heterocycles. The molecule has 2 atom stereocenters. The van der Waals surface area contributed by atoms with Crippen LogP contribution in [0, 0.1) is 0 Å². The van der Waals surface area contributed by atoms with E-state index in [4.69, 9.17) is 16.3 Å². The van der Waals surface area contributed by atoms with E-state index in [1.807, 2.05) is 11.6 Å². The van der Waals surface area contributed by atoms with Crippen LogP contribution >= 0.6 is 11.6 Å². The molecule has 0 bridgehead atoms. The summed E-state index contributed by atoms with van der Waals surface area (Å²) in [6.45, 7) is 6.81. The summed E-state index contributed by atoms with van der Waals surface area (Å²) in [5.41, 5.74) is -0.109. The number of halogens is 1. The molecule has 0 aliphatic carbocycles. The first kappa shape index (κ1) is 11.8. The van der Waals surface area contributed by atoms with Gasteiger partial charge in [0.15, 0.2) is 5.82 Å². The Kier molecular flexibility index (Phi) is 3.17. The van der Waals surface area contributed by atoms with Crippen LogP contribution in [0.25, 0.3) is 0 Å². The Morgan fingerprint density at radius 3 is 2.94 bits per heavy atom. The molecule has 1 aromatic heterocycles. The van der Waals surface area contributed by atoms with Crippen molar-refractivity contribution in [3.8, 4) is 0 Å². The van der Waals surface area contributed by atoms with E-state index in [2.05, 4.69) is 29.4 Å². The minimum atomic E-state index is -0.166. The largest absolute Gasteiger partial charge is 0.375 e. The second-order valence-corrected chi connectivity index (χ2v) is 5.51. The number of hydrogen-bond acceptors (Lipinski definition) is 4. The molecule has 1 saturated heterocycles. The highest BCUT2D eigenvalue weighted by Gasteiger charge is 2.32. The van der Waals surface area contributed by atoms with Gasteiger partial charge in [0, 0.05) is 6.61 Å². The zero-order valence-corrected chi connectivity index (χ0v) is 10.6. The van der Waals surface area contributed by atoms with Gasteiger partial charge in [0.05, 0.1) is 17.0 Å². The van der Waals surface area contributed by atoms with Crippen LogP contribution in [0.15, 0.2) is 0 Å². The van der Waals surface area contributed by atoms with E-state index < -0.39 is 0 Å². The highest BCUT2D eigenvalue weighted by molar-refractivity contribution is 6.20. The lowest BCUT2D eigenvalue weighted by Gasteiger charge is -2.35. The van der Waals surface area contributed by atoms with Crippen molar-refractivity contribution in [3.63, 3.8) is 0 Å². The minimum absolute atomic E-state index is 0.109. The Morgan fingerprint density at radius 2 is 2.31 bits per heavy atom. The molecule has 1 fully saturated rings. The Labute approximate surface area is 100 Å². The average Bonchev–Trinajstić information content (AvgIpc) is 2.64. The van der Waals surface area contributed by atoms with E-state index in [1.54, 1.807) is 0 Å². The fraction of sp³-hybridized carbons (Fsp3) is 0.900. The first-order chi connectivity index (χ1) is 7.49. The van der Waals surface area contributed by atoms with Crippen LogP contribution in [0.4, 0.5) is 0 Å². The molecule has 0 aromatic carbocycles. The number of rotatable bonds is 2. The van der Waals surface area contributed by atoms with Crippen molar-refractivity contribution >= 4 is 11.6 Å². The predicted molar refractivity (Wildman–Crippen MR) is 60.4 cm³/mol. The van der Waals surface area contributed by atoms with E-state index >= 15 is 0 Å². The highest BCUT2D eigenvalue weighted by Crippen LogP contribution is 2.33. The zero-order chi connectivity index (χ0) is 11.8. The summed E-state index contributed by atoms with van der Waals surface area (Å²) >= 11 is 6.05. The van der Waals surface area contributed by atoms with Gasteiger partial charge in [-0.1, -0.05) is 0 Å². The fourth-order valence-corrected chi connectivity index (χ4v) is 2.27. The third-order valence-corrected chi connectivity index (χ3v) is 3.09. The summed E-state index contributed by atoms with van der Waals surface area (Å²) in [5, 5.41) is 11.5. The van der Waals surface area contributed by atoms with Crippen molar-refractivity contribution in [1.29, 1.82) is 0 Å². The average molecular weight is 245 g/mol. The monoisotopic (exact) mass is 244 g/mol. The summed E-state index contributed by atoms with van der Waals surface area (Å²) < 4.78 is 7.53. The third-order valence-electron chi connectivity index (χ3n) is 2.89. The molecule has 90 valence electrons. The molecule has 0 amide bonds. The van der Waals surface area contributed by atoms with Gasteiger partial charge in [-0.05, 0) is 44.0 Å². The van der Waals surface area contributed by atoms with Crippen molar-refractivity contribution in [2.75, 3.05) is 6.61 Å². The Balaban J connectivity index is 2.20. The molecule has 2 unspecified atom stereocenters. The van der Waals surface area contributed by atoms with Gasteiger partial charge >= 0.3 is 0 Å².